The molecular formula is C19H13Cl3O4. The van der Waals surface area contributed by atoms with Crippen LogP contribution in [0, 0.1) is 6.92 Å². The van der Waals surface area contributed by atoms with Crippen molar-refractivity contribution >= 4 is 57.5 Å². The predicted octanol–water partition coefficient (Wildman–Crippen LogP) is 6.12. The molecule has 0 aliphatic rings. The Bertz CT molecular complexity index is 1030. The van der Waals surface area contributed by atoms with Gasteiger partial charge in [-0.1, -0.05) is 34.8 Å². The van der Waals surface area contributed by atoms with Crippen molar-refractivity contribution < 1.29 is 19.1 Å². The number of fused-ring (bicyclic) bond motifs is 1. The van der Waals surface area contributed by atoms with Gasteiger partial charge in [-0.25, -0.2) is 0 Å². The van der Waals surface area contributed by atoms with Crippen molar-refractivity contribution in [3.63, 3.8) is 0 Å². The highest BCUT2D eigenvalue weighted by molar-refractivity contribution is 6.43. The summed E-state index contributed by atoms with van der Waals surface area (Å²) in [7, 11) is 0. The zero-order valence-electron chi connectivity index (χ0n) is 13.8. The summed E-state index contributed by atoms with van der Waals surface area (Å²) < 4.78 is 5.49. The van der Waals surface area contributed by atoms with Gasteiger partial charge in [0.25, 0.3) is 0 Å². The van der Waals surface area contributed by atoms with Crippen LogP contribution < -0.4 is 0 Å². The minimum Gasteiger partial charge on any atom is -0.481 e. The molecule has 0 aliphatic heterocycles. The van der Waals surface area contributed by atoms with Crippen molar-refractivity contribution in [2.24, 2.45) is 0 Å². The number of hydrogen-bond acceptors (Lipinski definition) is 3. The summed E-state index contributed by atoms with van der Waals surface area (Å²) in [4.78, 5) is 24.7. The Hall–Kier alpha value is -2.01. The highest BCUT2D eigenvalue weighted by Gasteiger charge is 2.27. The van der Waals surface area contributed by atoms with Gasteiger partial charge in [0, 0.05) is 10.4 Å². The SMILES string of the molecule is Cc1c(C(C)C(=O)O)cc2ccoc2c1C(=O)c1c(Cl)cc(Cl)cc1Cl. The highest BCUT2D eigenvalue weighted by atomic mass is 35.5. The molecule has 1 atom stereocenters. The third-order valence-electron chi connectivity index (χ3n) is 4.34. The Morgan fingerprint density at radius 1 is 1.08 bits per heavy atom. The molecule has 3 rings (SSSR count). The van der Waals surface area contributed by atoms with Crippen molar-refractivity contribution in [2.45, 2.75) is 19.8 Å². The van der Waals surface area contributed by atoms with E-state index in [0.717, 1.165) is 0 Å². The van der Waals surface area contributed by atoms with Crippen LogP contribution in [-0.4, -0.2) is 16.9 Å². The first kappa shape index (κ1) is 18.8. The van der Waals surface area contributed by atoms with Crippen molar-refractivity contribution in [3.05, 3.63) is 67.9 Å². The Balaban J connectivity index is 2.31. The number of carboxylic acid groups (broad SMARTS) is 1. The fourth-order valence-corrected chi connectivity index (χ4v) is 3.96. The minimum atomic E-state index is -0.989. The lowest BCUT2D eigenvalue weighted by Gasteiger charge is -2.16. The fraction of sp³-hybridized carbons (Fsp3) is 0.158. The van der Waals surface area contributed by atoms with Gasteiger partial charge in [-0.05, 0) is 49.2 Å². The average molecular weight is 412 g/mol. The smallest absolute Gasteiger partial charge is 0.310 e. The van der Waals surface area contributed by atoms with Crippen molar-refractivity contribution in [3.8, 4) is 0 Å². The van der Waals surface area contributed by atoms with Crippen LogP contribution in [0.2, 0.25) is 15.1 Å². The topological polar surface area (TPSA) is 67.5 Å². The third-order valence-corrected chi connectivity index (χ3v) is 5.15. The second kappa shape index (κ2) is 6.95. The Morgan fingerprint density at radius 2 is 1.69 bits per heavy atom. The Kier molecular flexibility index (Phi) is 5.02. The summed E-state index contributed by atoms with van der Waals surface area (Å²) in [5, 5.41) is 10.5. The molecule has 2 aromatic carbocycles. The van der Waals surface area contributed by atoms with Crippen LogP contribution in [0.25, 0.3) is 11.0 Å². The summed E-state index contributed by atoms with van der Waals surface area (Å²) in [6.45, 7) is 3.24. The molecule has 1 heterocycles. The van der Waals surface area contributed by atoms with Gasteiger partial charge in [-0.2, -0.15) is 0 Å². The van der Waals surface area contributed by atoms with Crippen LogP contribution >= 0.6 is 34.8 Å². The fourth-order valence-electron chi connectivity index (χ4n) is 2.97. The van der Waals surface area contributed by atoms with Gasteiger partial charge in [0.2, 0.25) is 0 Å². The van der Waals surface area contributed by atoms with Gasteiger partial charge >= 0.3 is 5.97 Å². The molecule has 0 fully saturated rings. The Morgan fingerprint density at radius 3 is 2.27 bits per heavy atom. The quantitative estimate of drug-likeness (QED) is 0.525. The van der Waals surface area contributed by atoms with E-state index < -0.39 is 17.7 Å². The number of hydrogen-bond donors (Lipinski definition) is 1. The lowest BCUT2D eigenvalue weighted by atomic mass is 9.88. The second-order valence-electron chi connectivity index (χ2n) is 5.94. The van der Waals surface area contributed by atoms with Crippen LogP contribution in [0.4, 0.5) is 0 Å². The van der Waals surface area contributed by atoms with E-state index in [0.29, 0.717) is 27.1 Å². The highest BCUT2D eigenvalue weighted by Crippen LogP contribution is 2.36. The maximum atomic E-state index is 13.3. The molecule has 134 valence electrons. The van der Waals surface area contributed by atoms with E-state index in [4.69, 9.17) is 39.2 Å². The van der Waals surface area contributed by atoms with Crippen LogP contribution in [-0.2, 0) is 4.79 Å². The van der Waals surface area contributed by atoms with Gasteiger partial charge in [0.05, 0.1) is 33.4 Å². The van der Waals surface area contributed by atoms with E-state index in [1.807, 2.05) is 0 Å². The molecule has 1 aromatic heterocycles. The molecule has 0 bridgehead atoms. The zero-order chi connectivity index (χ0) is 19.2. The number of carbonyl (C=O) groups is 2. The van der Waals surface area contributed by atoms with E-state index in [1.54, 1.807) is 26.0 Å². The van der Waals surface area contributed by atoms with E-state index in [1.165, 1.54) is 18.4 Å². The van der Waals surface area contributed by atoms with Gasteiger partial charge in [0.1, 0.15) is 5.58 Å². The molecule has 4 nitrogen and oxygen atoms in total. The van der Waals surface area contributed by atoms with E-state index in [-0.39, 0.29) is 21.2 Å². The summed E-state index contributed by atoms with van der Waals surface area (Å²) >= 11 is 18.3. The monoisotopic (exact) mass is 410 g/mol. The zero-order valence-corrected chi connectivity index (χ0v) is 16.0. The molecule has 26 heavy (non-hydrogen) atoms. The average Bonchev–Trinajstić information content (AvgIpc) is 3.00. The molecule has 3 aromatic rings. The van der Waals surface area contributed by atoms with Crippen LogP contribution in [0.5, 0.6) is 0 Å². The summed E-state index contributed by atoms with van der Waals surface area (Å²) in [5.41, 5.74) is 1.72. The molecule has 0 saturated heterocycles. The number of ketones is 1. The van der Waals surface area contributed by atoms with Crippen molar-refractivity contribution in [2.75, 3.05) is 0 Å². The number of furan rings is 1. The standard InChI is InChI=1S/C19H13Cl3O4/c1-8-12(9(2)19(24)25)5-10-3-4-26-18(10)15(8)17(23)16-13(21)6-11(20)7-14(16)22/h3-7,9H,1-2H3,(H,24,25). The predicted molar refractivity (Wildman–Crippen MR) is 102 cm³/mol. The van der Waals surface area contributed by atoms with Gasteiger partial charge in [-0.3, -0.25) is 9.59 Å². The molecular weight excluding hydrogens is 399 g/mol. The number of halogens is 3. The van der Waals surface area contributed by atoms with Crippen LogP contribution in [0.1, 0.15) is 39.9 Å². The lowest BCUT2D eigenvalue weighted by molar-refractivity contribution is -0.138. The molecule has 0 saturated carbocycles. The molecule has 0 spiro atoms. The van der Waals surface area contributed by atoms with Gasteiger partial charge in [0.15, 0.2) is 5.78 Å². The Labute approximate surface area is 164 Å². The molecule has 0 aliphatic carbocycles. The second-order valence-corrected chi connectivity index (χ2v) is 7.19. The first-order valence-electron chi connectivity index (χ1n) is 7.65. The number of carbonyl (C=O) groups excluding carboxylic acids is 1. The van der Waals surface area contributed by atoms with E-state index >= 15 is 0 Å². The first-order valence-corrected chi connectivity index (χ1v) is 8.78. The molecule has 1 unspecified atom stereocenters. The minimum absolute atomic E-state index is 0.0960. The van der Waals surface area contributed by atoms with Gasteiger partial charge < -0.3 is 9.52 Å². The number of rotatable bonds is 4. The summed E-state index contributed by atoms with van der Waals surface area (Å²) in [6, 6.07) is 6.25. The first-order chi connectivity index (χ1) is 12.2. The van der Waals surface area contributed by atoms with Gasteiger partial charge in [-0.15, -0.1) is 0 Å². The summed E-state index contributed by atoms with van der Waals surface area (Å²) in [6.07, 6.45) is 1.45. The van der Waals surface area contributed by atoms with Crippen LogP contribution in [0.15, 0.2) is 34.9 Å². The number of aliphatic carboxylic acids is 1. The number of carboxylic acids is 1. The van der Waals surface area contributed by atoms with Crippen LogP contribution in [0.3, 0.4) is 0 Å². The molecule has 7 heteroatoms. The lowest BCUT2D eigenvalue weighted by Crippen LogP contribution is -2.13. The summed E-state index contributed by atoms with van der Waals surface area (Å²) in [5.74, 6) is -2.23. The molecule has 1 N–H and O–H groups in total. The maximum absolute atomic E-state index is 13.3. The van der Waals surface area contributed by atoms with Crippen molar-refractivity contribution in [1.29, 1.82) is 0 Å². The van der Waals surface area contributed by atoms with Crippen molar-refractivity contribution in [1.82, 2.24) is 0 Å². The van der Waals surface area contributed by atoms with E-state index in [9.17, 15) is 14.7 Å². The largest absolute Gasteiger partial charge is 0.481 e. The molecule has 0 radical (unpaired) electrons. The van der Waals surface area contributed by atoms with E-state index in [2.05, 4.69) is 0 Å². The number of benzene rings is 2. The normalized spacial score (nSPS) is 12.3. The third kappa shape index (κ3) is 3.09. The molecule has 0 amide bonds. The maximum Gasteiger partial charge on any atom is 0.310 e.